The van der Waals surface area contributed by atoms with Crippen molar-refractivity contribution >= 4 is 27.5 Å². The summed E-state index contributed by atoms with van der Waals surface area (Å²) in [5.41, 5.74) is 3.06. The second kappa shape index (κ2) is 11.7. The van der Waals surface area contributed by atoms with Crippen LogP contribution in [0.5, 0.6) is 0 Å². The molecular weight excluding hydrogens is 470 g/mol. The van der Waals surface area contributed by atoms with E-state index >= 15 is 0 Å². The molecule has 0 spiro atoms. The molecule has 2 aliphatic rings. The molecule has 0 radical (unpaired) electrons. The van der Waals surface area contributed by atoms with E-state index in [1.807, 2.05) is 0 Å². The molecule has 1 amide bonds. The molecule has 1 N–H and O–H groups in total. The molecule has 0 bridgehead atoms. The van der Waals surface area contributed by atoms with E-state index in [1.54, 1.807) is 24.3 Å². The molecule has 0 atom stereocenters. The van der Waals surface area contributed by atoms with Crippen LogP contribution in [0.1, 0.15) is 48.8 Å². The lowest BCUT2D eigenvalue weighted by molar-refractivity contribution is -0.126. The Morgan fingerprint density at radius 3 is 2.26 bits per heavy atom. The molecule has 2 fully saturated rings. The number of amides is 1. The Labute approximate surface area is 208 Å². The monoisotopic (exact) mass is 503 g/mol. The Kier molecular flexibility index (Phi) is 8.64. The summed E-state index contributed by atoms with van der Waals surface area (Å²) in [5.74, 6) is -0.224. The zero-order valence-electron chi connectivity index (χ0n) is 19.6. The number of hydrogen-bond donors (Lipinski definition) is 1. The number of halogens is 1. The van der Waals surface area contributed by atoms with E-state index in [-0.39, 0.29) is 17.6 Å². The number of hydrogen-bond acceptors (Lipinski definition) is 4. The number of rotatable bonds is 8. The lowest BCUT2D eigenvalue weighted by Gasteiger charge is -2.30. The highest BCUT2D eigenvalue weighted by Gasteiger charge is 2.31. The molecule has 184 valence electrons. The summed E-state index contributed by atoms with van der Waals surface area (Å²) in [6, 6.07) is 15.4. The maximum atomic E-state index is 12.8. The van der Waals surface area contributed by atoms with Crippen LogP contribution in [0, 0.1) is 5.92 Å². The average molecular weight is 504 g/mol. The van der Waals surface area contributed by atoms with Gasteiger partial charge in [0.1, 0.15) is 0 Å². The molecule has 2 aromatic carbocycles. The van der Waals surface area contributed by atoms with Gasteiger partial charge in [0.25, 0.3) is 0 Å². The predicted molar refractivity (Wildman–Crippen MR) is 136 cm³/mol. The second-order valence-corrected chi connectivity index (χ2v) is 11.8. The molecule has 0 aromatic heterocycles. The summed E-state index contributed by atoms with van der Waals surface area (Å²) in [6.07, 6.45) is 4.99. The van der Waals surface area contributed by atoms with Gasteiger partial charge in [-0.3, -0.25) is 9.69 Å². The molecule has 2 heterocycles. The summed E-state index contributed by atoms with van der Waals surface area (Å²) in [6.45, 7) is 4.58. The van der Waals surface area contributed by atoms with Gasteiger partial charge in [0.15, 0.2) is 0 Å². The third-order valence-electron chi connectivity index (χ3n) is 6.80. The van der Waals surface area contributed by atoms with Crippen LogP contribution in [-0.2, 0) is 33.7 Å². The quantitative estimate of drug-likeness (QED) is 0.586. The number of carbonyl (C=O) groups is 1. The molecule has 0 saturated carbocycles. The van der Waals surface area contributed by atoms with E-state index in [1.165, 1.54) is 42.2 Å². The van der Waals surface area contributed by atoms with E-state index in [2.05, 4.69) is 34.5 Å². The van der Waals surface area contributed by atoms with Crippen LogP contribution in [0.15, 0.2) is 48.5 Å². The fraction of sp³-hybridized carbons (Fsp3) is 0.500. The molecule has 8 heteroatoms. The minimum absolute atomic E-state index is 0.00397. The average Bonchev–Trinajstić information content (AvgIpc) is 2.84. The molecule has 2 aromatic rings. The highest BCUT2D eigenvalue weighted by molar-refractivity contribution is 7.88. The molecule has 0 aliphatic carbocycles. The summed E-state index contributed by atoms with van der Waals surface area (Å²) in [7, 11) is -3.43. The fourth-order valence-corrected chi connectivity index (χ4v) is 6.56. The summed E-state index contributed by atoms with van der Waals surface area (Å²) in [4.78, 5) is 15.2. The highest BCUT2D eigenvalue weighted by Crippen LogP contribution is 2.23. The maximum absolute atomic E-state index is 12.8. The molecular formula is C26H34ClN3O3S. The van der Waals surface area contributed by atoms with Gasteiger partial charge in [-0.25, -0.2) is 12.7 Å². The molecule has 2 aliphatic heterocycles. The largest absolute Gasteiger partial charge is 0.352 e. The first-order valence-electron chi connectivity index (χ1n) is 12.2. The Balaban J connectivity index is 1.21. The molecule has 4 rings (SSSR count). The van der Waals surface area contributed by atoms with Crippen LogP contribution in [0.25, 0.3) is 0 Å². The number of piperidine rings is 2. The van der Waals surface area contributed by atoms with Gasteiger partial charge in [-0.05, 0) is 67.6 Å². The first-order valence-corrected chi connectivity index (χ1v) is 14.2. The van der Waals surface area contributed by atoms with Crippen LogP contribution in [-0.4, -0.2) is 49.7 Å². The van der Waals surface area contributed by atoms with Crippen molar-refractivity contribution < 1.29 is 13.2 Å². The third kappa shape index (κ3) is 7.04. The van der Waals surface area contributed by atoms with Crippen LogP contribution < -0.4 is 5.32 Å². The predicted octanol–water partition coefficient (Wildman–Crippen LogP) is 4.18. The smallest absolute Gasteiger partial charge is 0.223 e. The van der Waals surface area contributed by atoms with E-state index in [0.717, 1.165) is 12.1 Å². The molecule has 34 heavy (non-hydrogen) atoms. The minimum Gasteiger partial charge on any atom is -0.352 e. The number of benzene rings is 2. The van der Waals surface area contributed by atoms with Crippen LogP contribution in [0.3, 0.4) is 0 Å². The standard InChI is InChI=1S/C26H34ClN3O3S/c27-25-6-4-5-23(17-25)20-34(32,33)30-15-11-24(12-16-30)26(31)28-18-21-7-9-22(10-8-21)19-29-13-2-1-3-14-29/h4-10,17,24H,1-3,11-16,18-20H2,(H,28,31). The van der Waals surface area contributed by atoms with Crippen molar-refractivity contribution in [2.45, 2.75) is 50.9 Å². The van der Waals surface area contributed by atoms with Crippen molar-refractivity contribution in [3.8, 4) is 0 Å². The lowest BCUT2D eigenvalue weighted by Crippen LogP contribution is -2.43. The van der Waals surface area contributed by atoms with E-state index < -0.39 is 10.0 Å². The van der Waals surface area contributed by atoms with E-state index in [4.69, 9.17) is 11.6 Å². The van der Waals surface area contributed by atoms with Gasteiger partial charge in [-0.15, -0.1) is 0 Å². The van der Waals surface area contributed by atoms with Crippen molar-refractivity contribution in [1.82, 2.24) is 14.5 Å². The maximum Gasteiger partial charge on any atom is 0.223 e. The molecule has 2 saturated heterocycles. The van der Waals surface area contributed by atoms with Gasteiger partial charge < -0.3 is 5.32 Å². The Morgan fingerprint density at radius 2 is 1.59 bits per heavy atom. The van der Waals surface area contributed by atoms with Crippen LogP contribution in [0.4, 0.5) is 0 Å². The Hall–Kier alpha value is -1.93. The zero-order valence-corrected chi connectivity index (χ0v) is 21.2. The van der Waals surface area contributed by atoms with Gasteiger partial charge in [0.05, 0.1) is 5.75 Å². The summed E-state index contributed by atoms with van der Waals surface area (Å²) in [5, 5.41) is 3.56. The van der Waals surface area contributed by atoms with Gasteiger partial charge in [0, 0.05) is 37.1 Å². The van der Waals surface area contributed by atoms with Crippen molar-refractivity contribution in [1.29, 1.82) is 0 Å². The third-order valence-corrected chi connectivity index (χ3v) is 8.89. The fourth-order valence-electron chi connectivity index (χ4n) is 4.80. The van der Waals surface area contributed by atoms with Crippen LogP contribution >= 0.6 is 11.6 Å². The lowest BCUT2D eigenvalue weighted by atomic mass is 9.97. The normalized spacial score (nSPS) is 18.6. The van der Waals surface area contributed by atoms with Crippen LogP contribution in [0.2, 0.25) is 5.02 Å². The molecule has 0 unspecified atom stereocenters. The molecule has 6 nitrogen and oxygen atoms in total. The van der Waals surface area contributed by atoms with Gasteiger partial charge >= 0.3 is 0 Å². The number of nitrogens with one attached hydrogen (secondary N) is 1. The second-order valence-electron chi connectivity index (χ2n) is 9.43. The number of carbonyl (C=O) groups excluding carboxylic acids is 1. The van der Waals surface area contributed by atoms with Crippen molar-refractivity contribution in [2.24, 2.45) is 5.92 Å². The number of likely N-dealkylation sites (tertiary alicyclic amines) is 1. The van der Waals surface area contributed by atoms with Crippen molar-refractivity contribution in [2.75, 3.05) is 26.2 Å². The SMILES string of the molecule is O=C(NCc1ccc(CN2CCCCC2)cc1)C1CCN(S(=O)(=O)Cc2cccc(Cl)c2)CC1. The van der Waals surface area contributed by atoms with E-state index in [9.17, 15) is 13.2 Å². The zero-order chi connectivity index (χ0) is 24.0. The number of nitrogens with zero attached hydrogens (tertiary/aromatic N) is 2. The van der Waals surface area contributed by atoms with Gasteiger partial charge in [-0.2, -0.15) is 0 Å². The Morgan fingerprint density at radius 1 is 0.912 bits per heavy atom. The topological polar surface area (TPSA) is 69.7 Å². The first-order chi connectivity index (χ1) is 16.4. The van der Waals surface area contributed by atoms with Gasteiger partial charge in [-0.1, -0.05) is 54.4 Å². The van der Waals surface area contributed by atoms with Crippen molar-refractivity contribution in [3.63, 3.8) is 0 Å². The van der Waals surface area contributed by atoms with Crippen molar-refractivity contribution in [3.05, 3.63) is 70.2 Å². The van der Waals surface area contributed by atoms with E-state index in [0.29, 0.717) is 43.1 Å². The first kappa shape index (κ1) is 25.2. The highest BCUT2D eigenvalue weighted by atomic mass is 35.5. The minimum atomic E-state index is -3.43. The summed E-state index contributed by atoms with van der Waals surface area (Å²) < 4.78 is 27.1. The number of sulfonamides is 1. The Bertz CT molecular complexity index is 1060. The van der Waals surface area contributed by atoms with Gasteiger partial charge in [0.2, 0.25) is 15.9 Å². The summed E-state index contributed by atoms with van der Waals surface area (Å²) >= 11 is 5.98.